The summed E-state index contributed by atoms with van der Waals surface area (Å²) in [6, 6.07) is 18.9. The summed E-state index contributed by atoms with van der Waals surface area (Å²) in [5.74, 6) is 0. The van der Waals surface area contributed by atoms with Gasteiger partial charge in [0.2, 0.25) is 0 Å². The van der Waals surface area contributed by atoms with E-state index in [0.717, 1.165) is 25.7 Å². The third-order valence-electron chi connectivity index (χ3n) is 5.90. The third kappa shape index (κ3) is 2.94. The third-order valence-corrected chi connectivity index (χ3v) is 9.78. The Morgan fingerprint density at radius 3 is 1.18 bits per heavy atom. The van der Waals surface area contributed by atoms with Gasteiger partial charge in [-0.3, -0.25) is 0 Å². The molecule has 0 nitrogen and oxygen atoms in total. The summed E-state index contributed by atoms with van der Waals surface area (Å²) in [6.45, 7) is 0. The van der Waals surface area contributed by atoms with E-state index in [0.29, 0.717) is 0 Å². The fraction of sp³-hybridized carbons (Fsp3) is 0.167. The minimum absolute atomic E-state index is 1.16. The molecule has 0 bridgehead atoms. The lowest BCUT2D eigenvalue weighted by atomic mass is 9.74. The van der Waals surface area contributed by atoms with Crippen LogP contribution in [0.25, 0.3) is 32.0 Å². The summed E-state index contributed by atoms with van der Waals surface area (Å²) >= 11 is 8.65. The fourth-order valence-electron chi connectivity index (χ4n) is 4.73. The Bertz CT molecular complexity index is 1100. The lowest BCUT2D eigenvalue weighted by Gasteiger charge is -2.30. The van der Waals surface area contributed by atoms with Gasteiger partial charge in [0, 0.05) is 9.75 Å². The van der Waals surface area contributed by atoms with E-state index in [1.54, 1.807) is 33.4 Å². The molecule has 4 aromatic rings. The second-order valence-corrected chi connectivity index (χ2v) is 13.5. The fourth-order valence-corrected chi connectivity index (χ4v) is 7.95. The predicted molar refractivity (Wildman–Crippen MR) is 139 cm³/mol. The highest BCUT2D eigenvalue weighted by atomic mass is 127. The molecule has 0 radical (unpaired) electrons. The molecular weight excluding hydrogens is 606 g/mol. The Morgan fingerprint density at radius 2 is 0.893 bits per heavy atom. The summed E-state index contributed by atoms with van der Waals surface area (Å²) < 4.78 is 2.73. The van der Waals surface area contributed by atoms with Gasteiger partial charge in [0.05, 0.1) is 5.77 Å². The van der Waals surface area contributed by atoms with Crippen molar-refractivity contribution in [1.29, 1.82) is 0 Å². The maximum absolute atomic E-state index is 2.47. The highest BCUT2D eigenvalue weighted by Gasteiger charge is 2.27. The zero-order valence-electron chi connectivity index (χ0n) is 15.0. The second-order valence-electron chi connectivity index (χ2n) is 7.55. The number of aryl methyl sites for hydroxylation is 4. The first-order valence-electron chi connectivity index (χ1n) is 9.49. The van der Waals surface area contributed by atoms with Crippen molar-refractivity contribution >= 4 is 67.9 Å². The number of rotatable bonds is 2. The van der Waals surface area contributed by atoms with E-state index in [2.05, 4.69) is 93.7 Å². The Morgan fingerprint density at radius 1 is 0.536 bits per heavy atom. The summed E-state index contributed by atoms with van der Waals surface area (Å²) in [4.78, 5) is 2.81. The molecule has 2 aromatic heterocycles. The molecule has 4 heteroatoms. The zero-order chi connectivity index (χ0) is 18.8. The van der Waals surface area contributed by atoms with Crippen molar-refractivity contribution < 1.29 is 0 Å². The highest BCUT2D eigenvalue weighted by Crippen LogP contribution is 2.46. The van der Waals surface area contributed by atoms with E-state index in [4.69, 9.17) is 0 Å². The number of benzene rings is 2. The van der Waals surface area contributed by atoms with E-state index in [1.165, 1.54) is 26.6 Å². The lowest BCUT2D eigenvalue weighted by molar-refractivity contribution is 0.878. The second kappa shape index (κ2) is 6.93. The minimum atomic E-state index is 1.16. The molecule has 138 valence electrons. The summed E-state index contributed by atoms with van der Waals surface area (Å²) in [7, 11) is 0. The topological polar surface area (TPSA) is 0 Å². The Labute approximate surface area is 200 Å². The first-order valence-corrected chi connectivity index (χ1v) is 13.3. The molecule has 0 fully saturated rings. The van der Waals surface area contributed by atoms with Gasteiger partial charge in [0.15, 0.2) is 0 Å². The van der Waals surface area contributed by atoms with Crippen molar-refractivity contribution in [3.63, 3.8) is 0 Å². The molecule has 2 aromatic carbocycles. The van der Waals surface area contributed by atoms with Crippen LogP contribution in [0.1, 0.15) is 22.3 Å². The Hall–Kier alpha value is -0.700. The molecule has 2 aliphatic carbocycles. The zero-order valence-corrected chi connectivity index (χ0v) is 21.0. The van der Waals surface area contributed by atoms with Gasteiger partial charge in [-0.25, -0.2) is 0 Å². The van der Waals surface area contributed by atoms with Gasteiger partial charge in [-0.15, -0.1) is 22.7 Å². The molecule has 0 atom stereocenters. The largest absolute Gasteiger partial charge is 0.129 e. The average molecular weight is 622 g/mol. The maximum Gasteiger partial charge on any atom is 0.0660 e. The van der Waals surface area contributed by atoms with Crippen molar-refractivity contribution in [2.24, 2.45) is 0 Å². The van der Waals surface area contributed by atoms with Crippen LogP contribution < -0.4 is 0 Å². The molecule has 0 spiro atoms. The standard InChI is InChI=1S/C24H16I2S2/c25-21-7-5-19(27-21)17-9-13-1-2-14-10-18(20-6-8-22(26)28-20)12-16-4-3-15(11-17)23(13)24(14)16/h5-12H,1-4H2. The maximum atomic E-state index is 2.47. The molecule has 6 rings (SSSR count). The Balaban J connectivity index is 1.52. The summed E-state index contributed by atoms with van der Waals surface area (Å²) in [6.07, 6.45) is 4.65. The number of hydrogen-bond acceptors (Lipinski definition) is 2. The molecule has 0 unspecified atom stereocenters. The Kier molecular flexibility index (Phi) is 4.48. The molecule has 0 amide bonds. The van der Waals surface area contributed by atoms with Crippen LogP contribution in [-0.2, 0) is 25.7 Å². The van der Waals surface area contributed by atoms with Gasteiger partial charge in [0.1, 0.15) is 0 Å². The summed E-state index contributed by atoms with van der Waals surface area (Å²) in [5.41, 5.74) is 12.2. The number of hydrogen-bond donors (Lipinski definition) is 0. The van der Waals surface area contributed by atoms with Crippen molar-refractivity contribution in [3.05, 3.63) is 76.6 Å². The van der Waals surface area contributed by atoms with Crippen LogP contribution in [0.5, 0.6) is 0 Å². The first kappa shape index (κ1) is 18.1. The van der Waals surface area contributed by atoms with Crippen LogP contribution in [0.15, 0.2) is 48.5 Å². The average Bonchev–Trinajstić information content (AvgIpc) is 3.34. The molecule has 0 saturated heterocycles. The number of thiophene rings is 2. The predicted octanol–water partition coefficient (Wildman–Crippen LogP) is 8.22. The number of halogens is 2. The molecule has 0 aliphatic heterocycles. The molecule has 0 saturated carbocycles. The molecule has 2 heterocycles. The van der Waals surface area contributed by atoms with Gasteiger partial charge in [-0.1, -0.05) is 0 Å². The van der Waals surface area contributed by atoms with Crippen LogP contribution in [-0.4, -0.2) is 0 Å². The van der Waals surface area contributed by atoms with E-state index in [9.17, 15) is 0 Å². The van der Waals surface area contributed by atoms with Crippen LogP contribution in [0.3, 0.4) is 0 Å². The van der Waals surface area contributed by atoms with Crippen molar-refractivity contribution in [2.75, 3.05) is 0 Å². The van der Waals surface area contributed by atoms with Gasteiger partial charge < -0.3 is 0 Å². The normalized spacial score (nSPS) is 14.2. The van der Waals surface area contributed by atoms with Crippen LogP contribution in [0.2, 0.25) is 0 Å². The van der Waals surface area contributed by atoms with E-state index in [1.807, 2.05) is 22.7 Å². The lowest BCUT2D eigenvalue weighted by Crippen LogP contribution is -2.14. The van der Waals surface area contributed by atoms with Gasteiger partial charge in [-0.05, 0) is 164 Å². The quantitative estimate of drug-likeness (QED) is 0.198. The van der Waals surface area contributed by atoms with Crippen LogP contribution >= 0.6 is 67.9 Å². The minimum Gasteiger partial charge on any atom is -0.129 e. The van der Waals surface area contributed by atoms with E-state index in [-0.39, 0.29) is 0 Å². The van der Waals surface area contributed by atoms with Crippen molar-refractivity contribution in [3.8, 4) is 32.0 Å². The highest BCUT2D eigenvalue weighted by molar-refractivity contribution is 14.1. The van der Waals surface area contributed by atoms with Gasteiger partial charge in [0.25, 0.3) is 0 Å². The monoisotopic (exact) mass is 622 g/mol. The van der Waals surface area contributed by atoms with Crippen molar-refractivity contribution in [2.45, 2.75) is 25.7 Å². The van der Waals surface area contributed by atoms with Crippen LogP contribution in [0.4, 0.5) is 0 Å². The first-order chi connectivity index (χ1) is 13.7. The molecule has 28 heavy (non-hydrogen) atoms. The van der Waals surface area contributed by atoms with Crippen molar-refractivity contribution in [1.82, 2.24) is 0 Å². The summed E-state index contributed by atoms with van der Waals surface area (Å²) in [5, 5.41) is 0. The van der Waals surface area contributed by atoms with Gasteiger partial charge >= 0.3 is 0 Å². The van der Waals surface area contributed by atoms with Gasteiger partial charge in [-0.2, -0.15) is 0 Å². The van der Waals surface area contributed by atoms with E-state index >= 15 is 0 Å². The van der Waals surface area contributed by atoms with Crippen LogP contribution in [0, 0.1) is 5.77 Å². The SMILES string of the molecule is Ic1ccc(-c2cc3c4c(c2)CCc2cc(-c5ccc(I)s5)cc(c2-4)CC3)s1. The molecule has 2 aliphatic rings. The van der Waals surface area contributed by atoms with E-state index < -0.39 is 0 Å². The smallest absolute Gasteiger partial charge is 0.0660 e. The molecular formula is C24H16I2S2. The molecule has 0 N–H and O–H groups in total.